The molecule has 22 heavy (non-hydrogen) atoms. The molecule has 5 heteroatoms. The standard InChI is InChI=1S/C17H22N2OS.ClH/c1-11-9-15(13(3)21-11)12(2)19-17(20)10-16(18)14-7-5-4-6-8-14;/h4-9,12,16H,10,18H2,1-3H3,(H,19,20);1H. The molecule has 1 heterocycles. The molecule has 1 amide bonds. The lowest BCUT2D eigenvalue weighted by atomic mass is 10.0. The molecular weight excluding hydrogens is 316 g/mol. The minimum atomic E-state index is -0.260. The first-order valence-electron chi connectivity index (χ1n) is 7.14. The molecule has 0 radical (unpaired) electrons. The number of benzene rings is 1. The summed E-state index contributed by atoms with van der Waals surface area (Å²) >= 11 is 1.76. The summed E-state index contributed by atoms with van der Waals surface area (Å²) in [5.41, 5.74) is 8.27. The number of hydrogen-bond acceptors (Lipinski definition) is 3. The highest BCUT2D eigenvalue weighted by Gasteiger charge is 2.16. The molecule has 2 atom stereocenters. The van der Waals surface area contributed by atoms with E-state index in [0.29, 0.717) is 6.42 Å². The van der Waals surface area contributed by atoms with Gasteiger partial charge in [-0.2, -0.15) is 0 Å². The first-order chi connectivity index (χ1) is 9.97. The van der Waals surface area contributed by atoms with Gasteiger partial charge in [0, 0.05) is 22.2 Å². The number of carbonyl (C=O) groups is 1. The van der Waals surface area contributed by atoms with E-state index in [1.165, 1.54) is 15.3 Å². The maximum atomic E-state index is 12.1. The fraction of sp³-hybridized carbons (Fsp3) is 0.353. The summed E-state index contributed by atoms with van der Waals surface area (Å²) in [6.45, 7) is 6.19. The Balaban J connectivity index is 0.00000242. The molecule has 1 aromatic carbocycles. The number of halogens is 1. The first-order valence-corrected chi connectivity index (χ1v) is 7.96. The zero-order chi connectivity index (χ0) is 15.4. The van der Waals surface area contributed by atoms with Gasteiger partial charge in [-0.3, -0.25) is 4.79 Å². The molecule has 2 rings (SSSR count). The number of rotatable bonds is 5. The van der Waals surface area contributed by atoms with Gasteiger partial charge in [0.2, 0.25) is 5.91 Å². The molecule has 0 saturated heterocycles. The van der Waals surface area contributed by atoms with Gasteiger partial charge in [-0.15, -0.1) is 23.7 Å². The molecule has 120 valence electrons. The normalized spacial score (nSPS) is 13.1. The maximum absolute atomic E-state index is 12.1. The van der Waals surface area contributed by atoms with E-state index in [9.17, 15) is 4.79 Å². The fourth-order valence-corrected chi connectivity index (χ4v) is 3.50. The van der Waals surface area contributed by atoms with Gasteiger partial charge >= 0.3 is 0 Å². The van der Waals surface area contributed by atoms with E-state index in [1.54, 1.807) is 11.3 Å². The van der Waals surface area contributed by atoms with Crippen LogP contribution in [0.5, 0.6) is 0 Å². The minimum absolute atomic E-state index is 0. The van der Waals surface area contributed by atoms with Crippen LogP contribution < -0.4 is 11.1 Å². The zero-order valence-electron chi connectivity index (χ0n) is 13.1. The molecule has 2 aromatic rings. The Morgan fingerprint density at radius 1 is 1.27 bits per heavy atom. The van der Waals surface area contributed by atoms with Crippen molar-refractivity contribution < 1.29 is 4.79 Å². The predicted molar refractivity (Wildman–Crippen MR) is 95.6 cm³/mol. The number of hydrogen-bond donors (Lipinski definition) is 2. The second kappa shape index (κ2) is 8.32. The predicted octanol–water partition coefficient (Wildman–Crippen LogP) is 4.05. The van der Waals surface area contributed by atoms with Gasteiger partial charge in [0.15, 0.2) is 0 Å². The Labute approximate surface area is 142 Å². The Morgan fingerprint density at radius 3 is 2.45 bits per heavy atom. The second-order valence-electron chi connectivity index (χ2n) is 5.38. The van der Waals surface area contributed by atoms with Crippen molar-refractivity contribution in [2.75, 3.05) is 0 Å². The zero-order valence-corrected chi connectivity index (χ0v) is 14.8. The molecule has 0 saturated carbocycles. The van der Waals surface area contributed by atoms with E-state index in [1.807, 2.05) is 37.3 Å². The SMILES string of the molecule is Cc1cc(C(C)NC(=O)CC(N)c2ccccc2)c(C)s1.Cl. The number of nitrogens with one attached hydrogen (secondary N) is 1. The Hall–Kier alpha value is -1.36. The highest BCUT2D eigenvalue weighted by atomic mass is 35.5. The van der Waals surface area contributed by atoms with Gasteiger partial charge in [-0.25, -0.2) is 0 Å². The van der Waals surface area contributed by atoms with E-state index in [0.717, 1.165) is 5.56 Å². The molecule has 0 spiro atoms. The van der Waals surface area contributed by atoms with Crippen LogP contribution in [-0.2, 0) is 4.79 Å². The Bertz CT molecular complexity index is 612. The molecule has 0 aliphatic carbocycles. The van der Waals surface area contributed by atoms with E-state index >= 15 is 0 Å². The van der Waals surface area contributed by atoms with Crippen molar-refractivity contribution >= 4 is 29.7 Å². The first kappa shape index (κ1) is 18.7. The van der Waals surface area contributed by atoms with Crippen LogP contribution in [0, 0.1) is 13.8 Å². The summed E-state index contributed by atoms with van der Waals surface area (Å²) in [4.78, 5) is 14.7. The fourth-order valence-electron chi connectivity index (χ4n) is 2.48. The number of nitrogens with two attached hydrogens (primary N) is 1. The van der Waals surface area contributed by atoms with Crippen molar-refractivity contribution in [3.63, 3.8) is 0 Å². The van der Waals surface area contributed by atoms with Crippen molar-refractivity contribution in [2.24, 2.45) is 5.73 Å². The van der Waals surface area contributed by atoms with Crippen LogP contribution in [0.3, 0.4) is 0 Å². The van der Waals surface area contributed by atoms with Crippen molar-refractivity contribution in [3.8, 4) is 0 Å². The van der Waals surface area contributed by atoms with Crippen LogP contribution in [0.15, 0.2) is 36.4 Å². The summed E-state index contributed by atoms with van der Waals surface area (Å²) in [7, 11) is 0. The average Bonchev–Trinajstić information content (AvgIpc) is 2.78. The third-order valence-electron chi connectivity index (χ3n) is 3.56. The van der Waals surface area contributed by atoms with Gasteiger partial charge in [-0.05, 0) is 38.0 Å². The van der Waals surface area contributed by atoms with Gasteiger partial charge in [-0.1, -0.05) is 30.3 Å². The number of carbonyl (C=O) groups excluding carboxylic acids is 1. The summed E-state index contributed by atoms with van der Waals surface area (Å²) in [5.74, 6) is -0.0119. The van der Waals surface area contributed by atoms with Gasteiger partial charge in [0.1, 0.15) is 0 Å². The van der Waals surface area contributed by atoms with Gasteiger partial charge in [0.05, 0.1) is 6.04 Å². The summed E-state index contributed by atoms with van der Waals surface area (Å²) < 4.78 is 0. The van der Waals surface area contributed by atoms with E-state index < -0.39 is 0 Å². The van der Waals surface area contributed by atoms with Crippen LogP contribution >= 0.6 is 23.7 Å². The van der Waals surface area contributed by atoms with Gasteiger partial charge in [0.25, 0.3) is 0 Å². The third-order valence-corrected chi connectivity index (χ3v) is 4.54. The quantitative estimate of drug-likeness (QED) is 0.864. The van der Waals surface area contributed by atoms with Crippen LogP contribution in [0.1, 0.15) is 46.3 Å². The molecular formula is C17H23ClN2OS. The van der Waals surface area contributed by atoms with E-state index in [-0.39, 0.29) is 30.4 Å². The minimum Gasteiger partial charge on any atom is -0.349 e. The maximum Gasteiger partial charge on any atom is 0.222 e. The van der Waals surface area contributed by atoms with Crippen molar-refractivity contribution in [1.29, 1.82) is 0 Å². The molecule has 0 bridgehead atoms. The topological polar surface area (TPSA) is 55.1 Å². The van der Waals surface area contributed by atoms with Crippen molar-refractivity contribution in [3.05, 3.63) is 57.3 Å². The van der Waals surface area contributed by atoms with Crippen LogP contribution in [-0.4, -0.2) is 5.91 Å². The molecule has 0 aliphatic rings. The summed E-state index contributed by atoms with van der Waals surface area (Å²) in [6, 6.07) is 11.6. The van der Waals surface area contributed by atoms with E-state index in [2.05, 4.69) is 25.2 Å². The largest absolute Gasteiger partial charge is 0.349 e. The molecule has 1 aromatic heterocycles. The monoisotopic (exact) mass is 338 g/mol. The Kier molecular flexibility index (Phi) is 7.07. The van der Waals surface area contributed by atoms with Crippen molar-refractivity contribution in [1.82, 2.24) is 5.32 Å². The molecule has 3 nitrogen and oxygen atoms in total. The lowest BCUT2D eigenvalue weighted by Crippen LogP contribution is -2.29. The van der Waals surface area contributed by atoms with Crippen LogP contribution in [0.25, 0.3) is 0 Å². The highest BCUT2D eigenvalue weighted by molar-refractivity contribution is 7.12. The lowest BCUT2D eigenvalue weighted by molar-refractivity contribution is -0.122. The molecule has 3 N–H and O–H groups in total. The molecule has 2 unspecified atom stereocenters. The lowest BCUT2D eigenvalue weighted by Gasteiger charge is -2.16. The number of aryl methyl sites for hydroxylation is 2. The highest BCUT2D eigenvalue weighted by Crippen LogP contribution is 2.26. The number of thiophene rings is 1. The molecule has 0 fully saturated rings. The van der Waals surface area contributed by atoms with Gasteiger partial charge < -0.3 is 11.1 Å². The summed E-state index contributed by atoms with van der Waals surface area (Å²) in [5, 5.41) is 3.04. The smallest absolute Gasteiger partial charge is 0.222 e. The average molecular weight is 339 g/mol. The van der Waals surface area contributed by atoms with Crippen LogP contribution in [0.4, 0.5) is 0 Å². The second-order valence-corrected chi connectivity index (χ2v) is 6.84. The number of amides is 1. The summed E-state index contributed by atoms with van der Waals surface area (Å²) in [6.07, 6.45) is 0.302. The molecule has 0 aliphatic heterocycles. The van der Waals surface area contributed by atoms with E-state index in [4.69, 9.17) is 5.73 Å². The van der Waals surface area contributed by atoms with Crippen LogP contribution in [0.2, 0.25) is 0 Å². The van der Waals surface area contributed by atoms with Crippen molar-refractivity contribution in [2.45, 2.75) is 39.3 Å². The Morgan fingerprint density at radius 2 is 1.91 bits per heavy atom. The third kappa shape index (κ3) is 4.83.